The molecule has 0 saturated carbocycles. The summed E-state index contributed by atoms with van der Waals surface area (Å²) in [6, 6.07) is 14.3. The SMILES string of the molecule is O=C(Nc1ccccc1)c1nc(-c2ccsc2)[nH]c1-c1ccc(F)c(F)c1. The summed E-state index contributed by atoms with van der Waals surface area (Å²) in [7, 11) is 0. The van der Waals surface area contributed by atoms with E-state index in [0.717, 1.165) is 17.7 Å². The van der Waals surface area contributed by atoms with E-state index in [1.807, 2.05) is 22.9 Å². The lowest BCUT2D eigenvalue weighted by Crippen LogP contribution is -2.13. The van der Waals surface area contributed by atoms with E-state index in [1.54, 1.807) is 24.3 Å². The number of hydrogen-bond acceptors (Lipinski definition) is 3. The first-order valence-corrected chi connectivity index (χ1v) is 9.00. The molecule has 4 rings (SSSR count). The minimum atomic E-state index is -0.992. The molecule has 0 spiro atoms. The van der Waals surface area contributed by atoms with Crippen molar-refractivity contribution in [3.8, 4) is 22.6 Å². The highest BCUT2D eigenvalue weighted by atomic mass is 32.1. The number of nitrogens with one attached hydrogen (secondary N) is 2. The number of imidazole rings is 1. The van der Waals surface area contributed by atoms with Crippen LogP contribution in [0.4, 0.5) is 14.5 Å². The Morgan fingerprint density at radius 3 is 2.52 bits per heavy atom. The van der Waals surface area contributed by atoms with E-state index in [-0.39, 0.29) is 5.69 Å². The quantitative estimate of drug-likeness (QED) is 0.502. The van der Waals surface area contributed by atoms with E-state index in [9.17, 15) is 13.6 Å². The van der Waals surface area contributed by atoms with Gasteiger partial charge in [-0.2, -0.15) is 11.3 Å². The maximum atomic E-state index is 13.7. The number of aromatic amines is 1. The Bertz CT molecular complexity index is 1090. The number of thiophene rings is 1. The molecule has 0 aliphatic rings. The second-order valence-electron chi connectivity index (χ2n) is 5.77. The summed E-state index contributed by atoms with van der Waals surface area (Å²) in [6.45, 7) is 0. The number of para-hydroxylation sites is 1. The zero-order valence-corrected chi connectivity index (χ0v) is 14.7. The topological polar surface area (TPSA) is 57.8 Å². The molecule has 1 amide bonds. The standard InChI is InChI=1S/C20H13F2N3OS/c21-15-7-6-12(10-16(15)22)17-18(20(26)23-14-4-2-1-3-5-14)25-19(24-17)13-8-9-27-11-13/h1-11H,(H,23,26)(H,24,25). The van der Waals surface area contributed by atoms with Gasteiger partial charge in [-0.25, -0.2) is 13.8 Å². The van der Waals surface area contributed by atoms with Crippen molar-refractivity contribution in [2.75, 3.05) is 5.32 Å². The minimum absolute atomic E-state index is 0.103. The van der Waals surface area contributed by atoms with Gasteiger partial charge in [0, 0.05) is 22.2 Å². The van der Waals surface area contributed by atoms with Crippen molar-refractivity contribution in [1.82, 2.24) is 9.97 Å². The van der Waals surface area contributed by atoms with Crippen LogP contribution >= 0.6 is 11.3 Å². The number of rotatable bonds is 4. The lowest BCUT2D eigenvalue weighted by molar-refractivity contribution is 0.102. The Hall–Kier alpha value is -3.32. The summed E-state index contributed by atoms with van der Waals surface area (Å²) in [5.41, 5.74) is 2.18. The van der Waals surface area contributed by atoms with Crippen LogP contribution in [0.15, 0.2) is 65.4 Å². The van der Waals surface area contributed by atoms with E-state index in [4.69, 9.17) is 0 Å². The van der Waals surface area contributed by atoms with Crippen molar-refractivity contribution in [2.45, 2.75) is 0 Å². The molecule has 2 aromatic carbocycles. The first kappa shape index (κ1) is 17.1. The van der Waals surface area contributed by atoms with Gasteiger partial charge in [-0.05, 0) is 41.8 Å². The number of H-pyrrole nitrogens is 1. The molecule has 2 heterocycles. The Kier molecular flexibility index (Phi) is 4.52. The van der Waals surface area contributed by atoms with Crippen molar-refractivity contribution in [2.24, 2.45) is 0 Å². The molecule has 4 aromatic rings. The van der Waals surface area contributed by atoms with Crippen LogP contribution in [0.2, 0.25) is 0 Å². The predicted molar refractivity (Wildman–Crippen MR) is 102 cm³/mol. The van der Waals surface area contributed by atoms with Gasteiger partial charge < -0.3 is 10.3 Å². The zero-order chi connectivity index (χ0) is 18.8. The van der Waals surface area contributed by atoms with Crippen LogP contribution in [-0.2, 0) is 0 Å². The van der Waals surface area contributed by atoms with Gasteiger partial charge in [0.15, 0.2) is 17.3 Å². The first-order chi connectivity index (χ1) is 13.1. The normalized spacial score (nSPS) is 10.7. The van der Waals surface area contributed by atoms with Crippen molar-refractivity contribution >= 4 is 22.9 Å². The average Bonchev–Trinajstić information content (AvgIpc) is 3.34. The van der Waals surface area contributed by atoms with Gasteiger partial charge in [-0.3, -0.25) is 4.79 Å². The summed E-state index contributed by atoms with van der Waals surface area (Å²) in [5.74, 6) is -1.91. The van der Waals surface area contributed by atoms with Gasteiger partial charge in [-0.1, -0.05) is 18.2 Å². The number of nitrogens with zero attached hydrogens (tertiary/aromatic N) is 1. The maximum Gasteiger partial charge on any atom is 0.276 e. The van der Waals surface area contributed by atoms with Crippen LogP contribution in [0.1, 0.15) is 10.5 Å². The third-order valence-corrected chi connectivity index (χ3v) is 4.64. The van der Waals surface area contributed by atoms with Crippen molar-refractivity contribution < 1.29 is 13.6 Å². The smallest absolute Gasteiger partial charge is 0.276 e. The molecule has 0 aliphatic carbocycles. The van der Waals surface area contributed by atoms with Crippen LogP contribution in [0.3, 0.4) is 0 Å². The highest BCUT2D eigenvalue weighted by Crippen LogP contribution is 2.29. The van der Waals surface area contributed by atoms with E-state index >= 15 is 0 Å². The lowest BCUT2D eigenvalue weighted by Gasteiger charge is -2.05. The Morgan fingerprint density at radius 1 is 1.00 bits per heavy atom. The van der Waals surface area contributed by atoms with Crippen LogP contribution in [0.5, 0.6) is 0 Å². The van der Waals surface area contributed by atoms with Gasteiger partial charge in [0.05, 0.1) is 5.69 Å². The second-order valence-corrected chi connectivity index (χ2v) is 6.55. The van der Waals surface area contributed by atoms with E-state index in [1.165, 1.54) is 17.4 Å². The van der Waals surface area contributed by atoms with Gasteiger partial charge in [-0.15, -0.1) is 0 Å². The fourth-order valence-electron chi connectivity index (χ4n) is 2.65. The summed E-state index contributed by atoms with van der Waals surface area (Å²) in [6.07, 6.45) is 0. The average molecular weight is 381 g/mol. The molecule has 2 N–H and O–H groups in total. The molecule has 0 atom stereocenters. The number of benzene rings is 2. The monoisotopic (exact) mass is 381 g/mol. The molecule has 0 fully saturated rings. The maximum absolute atomic E-state index is 13.7. The van der Waals surface area contributed by atoms with E-state index < -0.39 is 17.5 Å². The first-order valence-electron chi connectivity index (χ1n) is 8.06. The van der Waals surface area contributed by atoms with Gasteiger partial charge >= 0.3 is 0 Å². The number of anilines is 1. The summed E-state index contributed by atoms with van der Waals surface area (Å²) in [5, 5.41) is 6.54. The third-order valence-electron chi connectivity index (χ3n) is 3.95. The molecule has 27 heavy (non-hydrogen) atoms. The zero-order valence-electron chi connectivity index (χ0n) is 13.9. The molecule has 7 heteroatoms. The Morgan fingerprint density at radius 2 is 1.81 bits per heavy atom. The van der Waals surface area contributed by atoms with Gasteiger partial charge in [0.1, 0.15) is 5.82 Å². The minimum Gasteiger partial charge on any atom is -0.337 e. The predicted octanol–water partition coefficient (Wildman–Crippen LogP) is 5.34. The van der Waals surface area contributed by atoms with E-state index in [0.29, 0.717) is 22.8 Å². The Labute approximate surface area is 157 Å². The molecule has 0 aliphatic heterocycles. The molecular weight excluding hydrogens is 368 g/mol. The van der Waals surface area contributed by atoms with Crippen LogP contribution in [0.25, 0.3) is 22.6 Å². The molecule has 2 aromatic heterocycles. The molecule has 0 unspecified atom stereocenters. The molecule has 134 valence electrons. The summed E-state index contributed by atoms with van der Waals surface area (Å²) < 4.78 is 27.0. The largest absolute Gasteiger partial charge is 0.337 e. The number of carbonyl (C=O) groups excluding carboxylic acids is 1. The second kappa shape index (κ2) is 7.13. The number of hydrogen-bond donors (Lipinski definition) is 2. The van der Waals surface area contributed by atoms with Crippen molar-refractivity contribution in [3.63, 3.8) is 0 Å². The molecule has 0 radical (unpaired) electrons. The lowest BCUT2D eigenvalue weighted by atomic mass is 10.1. The number of halogens is 2. The highest BCUT2D eigenvalue weighted by molar-refractivity contribution is 7.08. The number of amides is 1. The Balaban J connectivity index is 1.78. The molecular formula is C20H13F2N3OS. The number of aromatic nitrogens is 2. The highest BCUT2D eigenvalue weighted by Gasteiger charge is 2.21. The van der Waals surface area contributed by atoms with Crippen LogP contribution in [-0.4, -0.2) is 15.9 Å². The summed E-state index contributed by atoms with van der Waals surface area (Å²) >= 11 is 1.49. The fourth-order valence-corrected chi connectivity index (χ4v) is 3.29. The van der Waals surface area contributed by atoms with Gasteiger partial charge in [0.25, 0.3) is 5.91 Å². The number of carbonyl (C=O) groups is 1. The van der Waals surface area contributed by atoms with Crippen molar-refractivity contribution in [1.29, 1.82) is 0 Å². The van der Waals surface area contributed by atoms with Crippen molar-refractivity contribution in [3.05, 3.63) is 82.7 Å². The molecule has 0 bridgehead atoms. The fraction of sp³-hybridized carbons (Fsp3) is 0. The van der Waals surface area contributed by atoms with Crippen LogP contribution in [0, 0.1) is 11.6 Å². The van der Waals surface area contributed by atoms with E-state index in [2.05, 4.69) is 15.3 Å². The van der Waals surface area contributed by atoms with Crippen LogP contribution < -0.4 is 5.32 Å². The molecule has 0 saturated heterocycles. The third kappa shape index (κ3) is 3.50. The molecule has 4 nitrogen and oxygen atoms in total. The van der Waals surface area contributed by atoms with Gasteiger partial charge in [0.2, 0.25) is 0 Å². The summed E-state index contributed by atoms with van der Waals surface area (Å²) in [4.78, 5) is 20.2.